The number of benzene rings is 3. The molecule has 3 heterocycles. The smallest absolute Gasteiger partial charge is 0.120 e. The van der Waals surface area contributed by atoms with E-state index in [-0.39, 0.29) is 25.5 Å². The summed E-state index contributed by atoms with van der Waals surface area (Å²) in [6, 6.07) is 33.4. The van der Waals surface area contributed by atoms with Crippen LogP contribution in [0.1, 0.15) is 31.9 Å². The van der Waals surface area contributed by atoms with Crippen LogP contribution in [-0.2, 0) is 26.5 Å². The first-order chi connectivity index (χ1) is 19.5. The molecular weight excluding hydrogens is 709 g/mol. The second-order valence-electron chi connectivity index (χ2n) is 12.9. The predicted molar refractivity (Wildman–Crippen MR) is 175 cm³/mol. The topological polar surface area (TPSA) is 38.9 Å². The number of fused-ring (bicyclic) bond motifs is 3. The van der Waals surface area contributed by atoms with E-state index in [1.807, 2.05) is 55.7 Å². The zero-order valence-corrected chi connectivity index (χ0v) is 28.9. The molecule has 0 aliphatic carbocycles. The molecule has 0 N–H and O–H groups in total. The monoisotopic (exact) mass is 747 g/mol. The summed E-state index contributed by atoms with van der Waals surface area (Å²) in [5, 5.41) is 3.82. The molecule has 0 fully saturated rings. The van der Waals surface area contributed by atoms with Gasteiger partial charge < -0.3 is 14.4 Å². The molecule has 217 valence electrons. The van der Waals surface area contributed by atoms with Crippen LogP contribution in [-0.4, -0.2) is 18.0 Å². The predicted octanol–water partition coefficient (Wildman–Crippen LogP) is 9.44. The molecule has 0 aliphatic rings. The molecule has 0 unspecified atom stereocenters. The number of aryl methyl sites for hydroxylation is 1. The first-order valence-corrected chi connectivity index (χ1v) is 17.7. The Hall–Kier alpha value is -3.37. The van der Waals surface area contributed by atoms with E-state index in [4.69, 9.17) is 4.42 Å². The number of aromatic nitrogens is 2. The fourth-order valence-corrected chi connectivity index (χ4v) is 6.57. The van der Waals surface area contributed by atoms with E-state index in [0.717, 1.165) is 40.1 Å². The summed E-state index contributed by atoms with van der Waals surface area (Å²) in [5.74, 6) is 0. The van der Waals surface area contributed by atoms with Crippen molar-refractivity contribution in [3.8, 4) is 22.5 Å². The van der Waals surface area contributed by atoms with Crippen LogP contribution in [0, 0.1) is 24.5 Å². The van der Waals surface area contributed by atoms with Crippen molar-refractivity contribution in [2.75, 3.05) is 0 Å². The quantitative estimate of drug-likeness (QED) is 0.133. The third-order valence-electron chi connectivity index (χ3n) is 6.97. The van der Waals surface area contributed by atoms with Crippen LogP contribution in [0.2, 0.25) is 19.6 Å². The molecule has 3 aromatic carbocycles. The van der Waals surface area contributed by atoms with Crippen molar-refractivity contribution in [2.24, 2.45) is 5.41 Å². The van der Waals surface area contributed by atoms with Crippen LogP contribution in [0.25, 0.3) is 44.5 Å². The van der Waals surface area contributed by atoms with Crippen LogP contribution in [0.5, 0.6) is 0 Å². The van der Waals surface area contributed by atoms with Crippen LogP contribution >= 0.6 is 0 Å². The molecule has 6 aromatic rings. The number of hydrogen-bond acceptors (Lipinski definition) is 3. The summed E-state index contributed by atoms with van der Waals surface area (Å²) in [4.78, 5) is 8.99. The summed E-state index contributed by atoms with van der Waals surface area (Å²) in [7, 11) is -1.56. The SMILES string of the molecule is CC(C)(C)Cc1ccnc(-c2[c-]cc([Si](C)(C)C)c3c2oc2ccccc23)c1.Cc1ccc(-c2[c-]cccc2)nc1.[Ir]. The van der Waals surface area contributed by atoms with Crippen molar-refractivity contribution in [2.45, 2.75) is 53.8 Å². The Morgan fingerprint density at radius 3 is 2.29 bits per heavy atom. The van der Waals surface area contributed by atoms with Gasteiger partial charge in [-0.15, -0.1) is 53.2 Å². The van der Waals surface area contributed by atoms with E-state index in [9.17, 15) is 0 Å². The average molecular weight is 747 g/mol. The molecule has 0 spiro atoms. The van der Waals surface area contributed by atoms with E-state index in [1.54, 1.807) is 0 Å². The molecule has 0 saturated heterocycles. The summed E-state index contributed by atoms with van der Waals surface area (Å²) in [6.45, 7) is 15.9. The average Bonchev–Trinajstić information content (AvgIpc) is 3.32. The van der Waals surface area contributed by atoms with Crippen LogP contribution in [0.3, 0.4) is 0 Å². The van der Waals surface area contributed by atoms with E-state index < -0.39 is 8.07 Å². The molecule has 42 heavy (non-hydrogen) atoms. The van der Waals surface area contributed by atoms with E-state index in [0.29, 0.717) is 0 Å². The van der Waals surface area contributed by atoms with Crippen molar-refractivity contribution in [1.29, 1.82) is 0 Å². The third kappa shape index (κ3) is 7.33. The normalized spacial score (nSPS) is 11.6. The van der Waals surface area contributed by atoms with Gasteiger partial charge in [-0.2, -0.15) is 0 Å². The molecule has 0 bridgehead atoms. The number of rotatable bonds is 4. The fourth-order valence-electron chi connectivity index (χ4n) is 5.07. The van der Waals surface area contributed by atoms with Gasteiger partial charge in [0.1, 0.15) is 5.58 Å². The number of hydrogen-bond donors (Lipinski definition) is 0. The van der Waals surface area contributed by atoms with Gasteiger partial charge in [0, 0.05) is 46.0 Å². The molecule has 1 radical (unpaired) electrons. The first kappa shape index (κ1) is 31.6. The van der Waals surface area contributed by atoms with Crippen LogP contribution < -0.4 is 5.19 Å². The van der Waals surface area contributed by atoms with Gasteiger partial charge in [-0.1, -0.05) is 93.3 Å². The Morgan fingerprint density at radius 1 is 0.857 bits per heavy atom. The van der Waals surface area contributed by atoms with Gasteiger partial charge in [0.15, 0.2) is 0 Å². The maximum absolute atomic E-state index is 6.37. The van der Waals surface area contributed by atoms with E-state index >= 15 is 0 Å². The Kier molecular flexibility index (Phi) is 9.67. The minimum atomic E-state index is -1.56. The Bertz CT molecular complexity index is 1780. The maximum Gasteiger partial charge on any atom is 0.120 e. The number of furan rings is 1. The van der Waals surface area contributed by atoms with Gasteiger partial charge in [-0.05, 0) is 47.8 Å². The van der Waals surface area contributed by atoms with Crippen molar-refractivity contribution < 1.29 is 24.5 Å². The number of nitrogens with zero attached hydrogens (tertiary/aromatic N) is 2. The van der Waals surface area contributed by atoms with Gasteiger partial charge in [-0.3, -0.25) is 0 Å². The van der Waals surface area contributed by atoms with Gasteiger partial charge >= 0.3 is 0 Å². The minimum Gasteiger partial charge on any atom is -0.501 e. The van der Waals surface area contributed by atoms with E-state index in [2.05, 4.69) is 105 Å². The van der Waals surface area contributed by atoms with Gasteiger partial charge in [0.25, 0.3) is 0 Å². The molecule has 6 rings (SSSR count). The number of pyridine rings is 2. The Morgan fingerprint density at radius 2 is 1.62 bits per heavy atom. The van der Waals surface area contributed by atoms with Crippen molar-refractivity contribution in [3.63, 3.8) is 0 Å². The largest absolute Gasteiger partial charge is 0.501 e. The van der Waals surface area contributed by atoms with Crippen molar-refractivity contribution in [1.82, 2.24) is 9.97 Å². The fraction of sp³-hybridized carbons (Fsp3) is 0.243. The molecule has 5 heteroatoms. The molecular formula is C37H38IrN2OSi-2. The van der Waals surface area contributed by atoms with Crippen molar-refractivity contribution in [3.05, 3.63) is 115 Å². The van der Waals surface area contributed by atoms with Gasteiger partial charge in [-0.25, -0.2) is 0 Å². The second-order valence-corrected chi connectivity index (χ2v) is 18.0. The molecule has 0 saturated carbocycles. The molecule has 0 amide bonds. The van der Waals surface area contributed by atoms with Crippen LogP contribution in [0.15, 0.2) is 95.7 Å². The molecule has 3 nitrogen and oxygen atoms in total. The minimum absolute atomic E-state index is 0. The maximum atomic E-state index is 6.37. The molecule has 0 aliphatic heterocycles. The summed E-state index contributed by atoms with van der Waals surface area (Å²) >= 11 is 0. The molecule has 3 aromatic heterocycles. The first-order valence-electron chi connectivity index (χ1n) is 14.2. The molecule has 0 atom stereocenters. The van der Waals surface area contributed by atoms with Crippen LogP contribution in [0.4, 0.5) is 0 Å². The van der Waals surface area contributed by atoms with Crippen molar-refractivity contribution >= 4 is 35.2 Å². The number of para-hydroxylation sites is 1. The summed E-state index contributed by atoms with van der Waals surface area (Å²) in [5.41, 5.74) is 8.48. The third-order valence-corrected chi connectivity index (χ3v) is 8.98. The Labute approximate surface area is 264 Å². The standard InChI is InChI=1S/C25H28NOSi.C12H10N.Ir/c1-25(2,3)16-17-13-14-26-20(15-17)18-11-12-22(28(4,5)6)23-19-9-7-8-10-21(19)27-24(18)23;1-10-7-8-12(13-9-10)11-5-3-2-4-6-11;/h7-10,12-15H,16H2,1-6H3;2-5,7-9H,1H3;/q2*-1;. The van der Waals surface area contributed by atoms with Gasteiger partial charge in [0.2, 0.25) is 0 Å². The van der Waals surface area contributed by atoms with Gasteiger partial charge in [0.05, 0.1) is 5.58 Å². The summed E-state index contributed by atoms with van der Waals surface area (Å²) < 4.78 is 6.37. The Balaban J connectivity index is 0.000000243. The van der Waals surface area contributed by atoms with E-state index in [1.165, 1.54) is 27.1 Å². The second kappa shape index (κ2) is 12.9. The zero-order chi connectivity index (χ0) is 29.2. The zero-order valence-electron chi connectivity index (χ0n) is 25.5. The summed E-state index contributed by atoms with van der Waals surface area (Å²) in [6.07, 6.45) is 4.79.